The number of pyridine rings is 1. The van der Waals surface area contributed by atoms with Gasteiger partial charge < -0.3 is 24.6 Å². The Bertz CT molecular complexity index is 970. The minimum Gasteiger partial charge on any atom is -0.444 e. The van der Waals surface area contributed by atoms with E-state index < -0.39 is 11.2 Å². The second kappa shape index (κ2) is 14.0. The van der Waals surface area contributed by atoms with Crippen molar-refractivity contribution in [1.29, 1.82) is 0 Å². The fourth-order valence-electron chi connectivity index (χ4n) is 6.25. The van der Waals surface area contributed by atoms with E-state index in [2.05, 4.69) is 30.2 Å². The maximum atomic E-state index is 12.2. The highest BCUT2D eigenvalue weighted by Gasteiger charge is 2.35. The molecule has 0 spiro atoms. The quantitative estimate of drug-likeness (QED) is 0.453. The molecule has 40 heavy (non-hydrogen) atoms. The number of likely N-dealkylation sites (tertiary alicyclic amines) is 2. The van der Waals surface area contributed by atoms with Gasteiger partial charge in [-0.3, -0.25) is 4.98 Å². The largest absolute Gasteiger partial charge is 0.444 e. The Morgan fingerprint density at radius 2 is 1.52 bits per heavy atom. The van der Waals surface area contributed by atoms with Gasteiger partial charge in [-0.1, -0.05) is 6.92 Å². The first-order chi connectivity index (χ1) is 18.7. The van der Waals surface area contributed by atoms with E-state index in [-0.39, 0.29) is 12.2 Å². The first kappa shape index (κ1) is 32.2. The van der Waals surface area contributed by atoms with Crippen molar-refractivity contribution in [2.24, 2.45) is 17.8 Å². The van der Waals surface area contributed by atoms with Gasteiger partial charge in [0, 0.05) is 44.5 Å². The molecule has 0 aromatic carbocycles. The van der Waals surface area contributed by atoms with Crippen molar-refractivity contribution in [1.82, 2.24) is 20.1 Å². The van der Waals surface area contributed by atoms with E-state index in [1.54, 1.807) is 0 Å². The number of carbonyl (C=O) groups is 2. The minimum atomic E-state index is -0.434. The van der Waals surface area contributed by atoms with E-state index in [0.717, 1.165) is 64.4 Å². The van der Waals surface area contributed by atoms with E-state index in [0.29, 0.717) is 17.8 Å². The number of hydrogen-bond acceptors (Lipinski definition) is 6. The molecule has 4 heterocycles. The number of aromatic nitrogens is 1. The average molecular weight is 559 g/mol. The molecule has 3 aliphatic heterocycles. The minimum absolute atomic E-state index is 0.135. The molecule has 226 valence electrons. The van der Waals surface area contributed by atoms with Crippen LogP contribution in [0.2, 0.25) is 0 Å². The first-order valence-corrected chi connectivity index (χ1v) is 15.3. The van der Waals surface area contributed by atoms with Gasteiger partial charge in [0.1, 0.15) is 11.2 Å². The summed E-state index contributed by atoms with van der Waals surface area (Å²) in [5.41, 5.74) is 1.67. The Morgan fingerprint density at radius 3 is 2.10 bits per heavy atom. The summed E-state index contributed by atoms with van der Waals surface area (Å²) in [4.78, 5) is 32.3. The molecule has 1 aromatic heterocycles. The van der Waals surface area contributed by atoms with Crippen LogP contribution in [0.3, 0.4) is 0 Å². The third-order valence-corrected chi connectivity index (χ3v) is 8.14. The van der Waals surface area contributed by atoms with Crippen LogP contribution in [0.1, 0.15) is 97.6 Å². The highest BCUT2D eigenvalue weighted by molar-refractivity contribution is 5.68. The third-order valence-electron chi connectivity index (χ3n) is 8.14. The predicted molar refractivity (Wildman–Crippen MR) is 159 cm³/mol. The lowest BCUT2D eigenvalue weighted by molar-refractivity contribution is 0.00884. The van der Waals surface area contributed by atoms with Gasteiger partial charge in [0.2, 0.25) is 0 Å². The zero-order valence-electron chi connectivity index (χ0n) is 26.3. The zero-order chi connectivity index (χ0) is 29.5. The fourth-order valence-corrected chi connectivity index (χ4v) is 6.25. The molecule has 3 fully saturated rings. The second-order valence-electron chi connectivity index (χ2n) is 14.0. The van der Waals surface area contributed by atoms with Crippen molar-refractivity contribution in [3.05, 3.63) is 29.6 Å². The Balaban J connectivity index is 0.000000220. The summed E-state index contributed by atoms with van der Waals surface area (Å²) in [6, 6.07) is 2.07. The van der Waals surface area contributed by atoms with Gasteiger partial charge >= 0.3 is 12.2 Å². The van der Waals surface area contributed by atoms with Crippen LogP contribution in [0.25, 0.3) is 0 Å². The number of ether oxygens (including phenoxy) is 2. The molecule has 4 atom stereocenters. The van der Waals surface area contributed by atoms with Gasteiger partial charge in [0.05, 0.1) is 0 Å². The molecule has 1 aromatic rings. The molecule has 3 saturated heterocycles. The molecule has 0 radical (unpaired) electrons. The van der Waals surface area contributed by atoms with E-state index >= 15 is 0 Å². The van der Waals surface area contributed by atoms with Crippen molar-refractivity contribution >= 4 is 12.2 Å². The number of piperidine rings is 3. The summed E-state index contributed by atoms with van der Waals surface area (Å²) in [5, 5.41) is 3.46. The van der Waals surface area contributed by atoms with Crippen LogP contribution >= 0.6 is 0 Å². The number of nitrogens with zero attached hydrogens (tertiary/aromatic N) is 3. The number of rotatable bonds is 2. The Labute approximate surface area is 242 Å². The van der Waals surface area contributed by atoms with Crippen molar-refractivity contribution in [2.45, 2.75) is 105 Å². The van der Waals surface area contributed by atoms with Crippen molar-refractivity contribution in [2.75, 3.05) is 39.3 Å². The summed E-state index contributed by atoms with van der Waals surface area (Å²) in [6.45, 7) is 21.4. The summed E-state index contributed by atoms with van der Waals surface area (Å²) in [5.74, 6) is 2.50. The van der Waals surface area contributed by atoms with Gasteiger partial charge in [0.15, 0.2) is 0 Å². The summed E-state index contributed by atoms with van der Waals surface area (Å²) in [6.07, 6.45) is 9.13. The molecule has 2 amide bonds. The number of carbonyl (C=O) groups excluding carboxylic acids is 2. The molecule has 0 aliphatic carbocycles. The highest BCUT2D eigenvalue weighted by atomic mass is 16.6. The van der Waals surface area contributed by atoms with Gasteiger partial charge in [-0.05, 0) is 129 Å². The standard InChI is InChI=1S/C16H30N2O2.C16H24N2O2/c2*1-12-10-17-8-7-14(12)13-6-5-9-18(11-13)15(19)20-16(2,3)4/h12-14,17H,5-11H2,1-4H3;7-8,10,13H,5-6,9,11H2,1-4H3. The van der Waals surface area contributed by atoms with Crippen LogP contribution in [0.4, 0.5) is 9.59 Å². The SMILES string of the molecule is CC1CNCCC1C1CCCN(C(=O)OC(C)(C)C)C1.Cc1cnccc1C1CCCN(C(=O)OC(C)(C)C)C1. The van der Waals surface area contributed by atoms with Crippen molar-refractivity contribution in [3.8, 4) is 0 Å². The number of amides is 2. The molecule has 4 rings (SSSR count). The average Bonchev–Trinajstić information content (AvgIpc) is 2.88. The molecule has 0 saturated carbocycles. The Kier molecular flexibility index (Phi) is 11.3. The zero-order valence-corrected chi connectivity index (χ0v) is 26.3. The van der Waals surface area contributed by atoms with Gasteiger partial charge in [-0.15, -0.1) is 0 Å². The van der Waals surface area contributed by atoms with Crippen LogP contribution in [0.5, 0.6) is 0 Å². The molecule has 8 nitrogen and oxygen atoms in total. The Morgan fingerprint density at radius 1 is 0.925 bits per heavy atom. The predicted octanol–water partition coefficient (Wildman–Crippen LogP) is 6.38. The molecule has 8 heteroatoms. The van der Waals surface area contributed by atoms with E-state index in [1.165, 1.54) is 24.0 Å². The lowest BCUT2D eigenvalue weighted by Gasteiger charge is -2.41. The fraction of sp³-hybridized carbons (Fsp3) is 0.781. The van der Waals surface area contributed by atoms with Gasteiger partial charge in [0.25, 0.3) is 0 Å². The molecule has 4 unspecified atom stereocenters. The van der Waals surface area contributed by atoms with E-state index in [9.17, 15) is 9.59 Å². The highest BCUT2D eigenvalue weighted by Crippen LogP contribution is 2.33. The van der Waals surface area contributed by atoms with Crippen LogP contribution in [0.15, 0.2) is 18.5 Å². The van der Waals surface area contributed by atoms with Crippen molar-refractivity contribution < 1.29 is 19.1 Å². The smallest absolute Gasteiger partial charge is 0.410 e. The summed E-state index contributed by atoms with van der Waals surface area (Å²) < 4.78 is 11.0. The molecule has 3 aliphatic rings. The Hall–Kier alpha value is -2.35. The van der Waals surface area contributed by atoms with Crippen molar-refractivity contribution in [3.63, 3.8) is 0 Å². The van der Waals surface area contributed by atoms with Crippen LogP contribution < -0.4 is 5.32 Å². The molecule has 1 N–H and O–H groups in total. The monoisotopic (exact) mass is 558 g/mol. The summed E-state index contributed by atoms with van der Waals surface area (Å²) in [7, 11) is 0. The normalized spacial score (nSPS) is 25.9. The number of aryl methyl sites for hydroxylation is 1. The third kappa shape index (κ3) is 9.93. The van der Waals surface area contributed by atoms with Gasteiger partial charge in [-0.25, -0.2) is 9.59 Å². The van der Waals surface area contributed by atoms with E-state index in [4.69, 9.17) is 9.47 Å². The lowest BCUT2D eigenvalue weighted by Crippen LogP contribution is -2.47. The van der Waals surface area contributed by atoms with Crippen LogP contribution in [0, 0.1) is 24.7 Å². The summed E-state index contributed by atoms with van der Waals surface area (Å²) >= 11 is 0. The van der Waals surface area contributed by atoms with E-state index in [1.807, 2.05) is 63.7 Å². The maximum absolute atomic E-state index is 12.2. The first-order valence-electron chi connectivity index (χ1n) is 15.3. The van der Waals surface area contributed by atoms with Crippen LogP contribution in [-0.2, 0) is 9.47 Å². The topological polar surface area (TPSA) is 84.0 Å². The molecular formula is C32H54N4O4. The van der Waals surface area contributed by atoms with Gasteiger partial charge in [-0.2, -0.15) is 0 Å². The van der Waals surface area contributed by atoms with Crippen LogP contribution in [-0.4, -0.2) is 77.4 Å². The number of nitrogens with one attached hydrogen (secondary N) is 1. The number of hydrogen-bond donors (Lipinski definition) is 1. The lowest BCUT2D eigenvalue weighted by atomic mass is 9.75. The molecular weight excluding hydrogens is 504 g/mol. The second-order valence-corrected chi connectivity index (χ2v) is 14.0. The maximum Gasteiger partial charge on any atom is 0.410 e. The molecule has 0 bridgehead atoms.